The molecule has 0 fully saturated rings. The molecular weight excluding hydrogens is 170 g/mol. The molecule has 0 bridgehead atoms. The second-order valence-corrected chi connectivity index (χ2v) is 4.25. The van der Waals surface area contributed by atoms with Crippen molar-refractivity contribution in [2.45, 2.75) is 26.7 Å². The van der Waals surface area contributed by atoms with Gasteiger partial charge in [0.1, 0.15) is 0 Å². The van der Waals surface area contributed by atoms with Crippen molar-refractivity contribution < 1.29 is 0 Å². The summed E-state index contributed by atoms with van der Waals surface area (Å²) in [6.07, 6.45) is 2.34. The summed E-state index contributed by atoms with van der Waals surface area (Å²) in [6.45, 7) is 7.55. The summed E-state index contributed by atoms with van der Waals surface area (Å²) in [5.41, 5.74) is 5.45. The fraction of sp³-hybridized carbons (Fsp3) is 0.385. The predicted octanol–water partition coefficient (Wildman–Crippen LogP) is 3.47. The molecule has 1 atom stereocenters. The standard InChI is InChI=1S/C13H17N/c1-9-4-5-12-11(3)6-10(2)8-14-13(12)7-9/h4-7,11,14H,8H2,1-3H3. The van der Waals surface area contributed by atoms with E-state index in [0.717, 1.165) is 6.54 Å². The molecule has 0 aliphatic carbocycles. The van der Waals surface area contributed by atoms with Gasteiger partial charge in [-0.1, -0.05) is 30.7 Å². The monoisotopic (exact) mass is 187 g/mol. The smallest absolute Gasteiger partial charge is 0.0383 e. The van der Waals surface area contributed by atoms with Crippen LogP contribution in [0.1, 0.15) is 30.9 Å². The van der Waals surface area contributed by atoms with Crippen LogP contribution >= 0.6 is 0 Å². The molecule has 1 aliphatic heterocycles. The first kappa shape index (κ1) is 9.32. The van der Waals surface area contributed by atoms with E-state index in [9.17, 15) is 0 Å². The van der Waals surface area contributed by atoms with Crippen LogP contribution in [0.3, 0.4) is 0 Å². The van der Waals surface area contributed by atoms with Crippen LogP contribution in [0.25, 0.3) is 0 Å². The maximum absolute atomic E-state index is 3.48. The number of fused-ring (bicyclic) bond motifs is 1. The Balaban J connectivity index is 2.46. The minimum Gasteiger partial charge on any atom is -0.381 e. The minimum absolute atomic E-state index is 0.528. The highest BCUT2D eigenvalue weighted by atomic mass is 14.9. The van der Waals surface area contributed by atoms with Crippen molar-refractivity contribution in [1.29, 1.82) is 0 Å². The van der Waals surface area contributed by atoms with E-state index in [1.165, 1.54) is 22.4 Å². The van der Waals surface area contributed by atoms with Crippen LogP contribution in [0.15, 0.2) is 29.8 Å². The van der Waals surface area contributed by atoms with Gasteiger partial charge >= 0.3 is 0 Å². The summed E-state index contributed by atoms with van der Waals surface area (Å²) < 4.78 is 0. The second-order valence-electron chi connectivity index (χ2n) is 4.25. The number of aryl methyl sites for hydroxylation is 1. The van der Waals surface area contributed by atoms with E-state index in [-0.39, 0.29) is 0 Å². The molecule has 0 saturated carbocycles. The Morgan fingerprint density at radius 2 is 2.07 bits per heavy atom. The van der Waals surface area contributed by atoms with Crippen LogP contribution < -0.4 is 5.32 Å². The van der Waals surface area contributed by atoms with Crippen LogP contribution in [-0.2, 0) is 0 Å². The molecule has 74 valence electrons. The Morgan fingerprint density at radius 3 is 2.86 bits per heavy atom. The van der Waals surface area contributed by atoms with Gasteiger partial charge in [-0.05, 0) is 31.0 Å². The van der Waals surface area contributed by atoms with Gasteiger partial charge in [0, 0.05) is 18.2 Å². The molecule has 2 rings (SSSR count). The van der Waals surface area contributed by atoms with E-state index in [2.05, 4.69) is 50.4 Å². The Hall–Kier alpha value is -1.24. The van der Waals surface area contributed by atoms with Gasteiger partial charge in [-0.25, -0.2) is 0 Å². The lowest BCUT2D eigenvalue weighted by molar-refractivity contribution is 0.965. The highest BCUT2D eigenvalue weighted by molar-refractivity contribution is 5.57. The third-order valence-electron chi connectivity index (χ3n) is 2.79. The van der Waals surface area contributed by atoms with Gasteiger partial charge in [-0.2, -0.15) is 0 Å². The lowest BCUT2D eigenvalue weighted by Gasteiger charge is -2.12. The molecule has 1 aromatic rings. The lowest BCUT2D eigenvalue weighted by Crippen LogP contribution is -2.02. The summed E-state index contributed by atoms with van der Waals surface area (Å²) in [7, 11) is 0. The van der Waals surface area contributed by atoms with Crippen LogP contribution in [0.2, 0.25) is 0 Å². The molecule has 14 heavy (non-hydrogen) atoms. The maximum atomic E-state index is 3.48. The van der Waals surface area contributed by atoms with Gasteiger partial charge in [0.15, 0.2) is 0 Å². The number of hydrogen-bond acceptors (Lipinski definition) is 1. The molecular formula is C13H17N. The summed E-state index contributed by atoms with van der Waals surface area (Å²) in [4.78, 5) is 0. The maximum Gasteiger partial charge on any atom is 0.0383 e. The lowest BCUT2D eigenvalue weighted by atomic mass is 9.97. The molecule has 1 heterocycles. The van der Waals surface area contributed by atoms with Crippen LogP contribution in [-0.4, -0.2) is 6.54 Å². The minimum atomic E-state index is 0.528. The van der Waals surface area contributed by atoms with Crippen molar-refractivity contribution in [3.05, 3.63) is 41.0 Å². The topological polar surface area (TPSA) is 12.0 Å². The fourth-order valence-corrected chi connectivity index (χ4v) is 2.03. The third-order valence-corrected chi connectivity index (χ3v) is 2.79. The van der Waals surface area contributed by atoms with Gasteiger partial charge in [0.05, 0.1) is 0 Å². The van der Waals surface area contributed by atoms with Gasteiger partial charge in [-0.15, -0.1) is 0 Å². The number of anilines is 1. The van der Waals surface area contributed by atoms with Gasteiger partial charge < -0.3 is 5.32 Å². The number of rotatable bonds is 0. The van der Waals surface area contributed by atoms with Gasteiger partial charge in [0.2, 0.25) is 0 Å². The van der Waals surface area contributed by atoms with Crippen LogP contribution in [0.4, 0.5) is 5.69 Å². The Kier molecular flexibility index (Phi) is 2.32. The highest BCUT2D eigenvalue weighted by Crippen LogP contribution is 2.29. The molecule has 0 amide bonds. The highest BCUT2D eigenvalue weighted by Gasteiger charge is 2.12. The van der Waals surface area contributed by atoms with Crippen molar-refractivity contribution in [2.24, 2.45) is 0 Å². The van der Waals surface area contributed by atoms with Crippen molar-refractivity contribution in [2.75, 3.05) is 11.9 Å². The number of benzene rings is 1. The van der Waals surface area contributed by atoms with Crippen molar-refractivity contribution in [1.82, 2.24) is 0 Å². The Bertz CT molecular complexity index is 377. The normalized spacial score (nSPS) is 20.5. The molecule has 0 spiro atoms. The summed E-state index contributed by atoms with van der Waals surface area (Å²) in [5, 5.41) is 3.48. The first-order valence-electron chi connectivity index (χ1n) is 5.18. The quantitative estimate of drug-likeness (QED) is 0.613. The van der Waals surface area contributed by atoms with E-state index >= 15 is 0 Å². The number of hydrogen-bond donors (Lipinski definition) is 1. The fourth-order valence-electron chi connectivity index (χ4n) is 2.03. The van der Waals surface area contributed by atoms with E-state index in [0.29, 0.717) is 5.92 Å². The van der Waals surface area contributed by atoms with E-state index < -0.39 is 0 Å². The van der Waals surface area contributed by atoms with Gasteiger partial charge in [-0.3, -0.25) is 0 Å². The molecule has 0 radical (unpaired) electrons. The Labute approximate surface area is 85.8 Å². The average Bonchev–Trinajstić information content (AvgIpc) is 2.26. The molecule has 0 aromatic heterocycles. The van der Waals surface area contributed by atoms with Crippen LogP contribution in [0.5, 0.6) is 0 Å². The van der Waals surface area contributed by atoms with Crippen molar-refractivity contribution in [3.8, 4) is 0 Å². The molecule has 1 heteroatoms. The summed E-state index contributed by atoms with van der Waals surface area (Å²) in [5.74, 6) is 0.528. The zero-order chi connectivity index (χ0) is 10.1. The van der Waals surface area contributed by atoms with E-state index in [1.54, 1.807) is 0 Å². The largest absolute Gasteiger partial charge is 0.381 e. The van der Waals surface area contributed by atoms with E-state index in [1.807, 2.05) is 0 Å². The summed E-state index contributed by atoms with van der Waals surface area (Å²) in [6, 6.07) is 6.65. The molecule has 0 saturated heterocycles. The van der Waals surface area contributed by atoms with E-state index in [4.69, 9.17) is 0 Å². The first-order chi connectivity index (χ1) is 6.66. The SMILES string of the molecule is CC1=CC(C)c2ccc(C)cc2NC1. The van der Waals surface area contributed by atoms with Crippen molar-refractivity contribution in [3.63, 3.8) is 0 Å². The molecule has 1 unspecified atom stereocenters. The zero-order valence-electron chi connectivity index (χ0n) is 9.09. The summed E-state index contributed by atoms with van der Waals surface area (Å²) >= 11 is 0. The Morgan fingerprint density at radius 1 is 1.29 bits per heavy atom. The van der Waals surface area contributed by atoms with Crippen LogP contribution in [0, 0.1) is 6.92 Å². The third kappa shape index (κ3) is 1.67. The number of nitrogens with one attached hydrogen (secondary N) is 1. The molecule has 1 N–H and O–H groups in total. The molecule has 1 aromatic carbocycles. The second kappa shape index (κ2) is 3.49. The zero-order valence-corrected chi connectivity index (χ0v) is 9.09. The first-order valence-corrected chi connectivity index (χ1v) is 5.18. The number of allylic oxidation sites excluding steroid dienone is 1. The van der Waals surface area contributed by atoms with Crippen molar-refractivity contribution >= 4 is 5.69 Å². The molecule has 1 aliphatic rings. The molecule has 1 nitrogen and oxygen atoms in total. The van der Waals surface area contributed by atoms with Gasteiger partial charge in [0.25, 0.3) is 0 Å². The average molecular weight is 187 g/mol. The predicted molar refractivity (Wildman–Crippen MR) is 61.8 cm³/mol.